The molecule has 0 saturated heterocycles. The second kappa shape index (κ2) is 2.47. The van der Waals surface area contributed by atoms with E-state index in [0.29, 0.717) is 0 Å². The van der Waals surface area contributed by atoms with E-state index >= 15 is 0 Å². The molecule has 0 N–H and O–H groups in total. The molecule has 0 fully saturated rings. The van der Waals surface area contributed by atoms with Gasteiger partial charge >= 0.3 is 0 Å². The van der Waals surface area contributed by atoms with Crippen molar-refractivity contribution >= 4 is 21.6 Å². The van der Waals surface area contributed by atoms with Gasteiger partial charge in [0.05, 0.1) is 11.0 Å². The number of nitrogens with zero attached hydrogens (tertiary/aromatic N) is 1. The first kappa shape index (κ1) is 6.91. The highest BCUT2D eigenvalue weighted by Gasteiger charge is 2.13. The Bertz CT molecular complexity index is 489. The van der Waals surface area contributed by atoms with Crippen molar-refractivity contribution in [3.63, 3.8) is 0 Å². The molecule has 1 aromatic heterocycles. The molecule has 0 aliphatic carbocycles. The van der Waals surface area contributed by atoms with E-state index in [1.54, 1.807) is 16.8 Å². The van der Waals surface area contributed by atoms with E-state index < -0.39 is 0 Å². The number of hydrogen-bond donors (Lipinski definition) is 0. The minimum Gasteiger partial charge on any atom is -0.458 e. The van der Waals surface area contributed by atoms with Crippen LogP contribution in [0.15, 0.2) is 30.2 Å². The quantitative estimate of drug-likeness (QED) is 0.641. The number of rotatable bonds is 0. The first-order valence-corrected chi connectivity index (χ1v) is 4.67. The summed E-state index contributed by atoms with van der Waals surface area (Å²) >= 11 is 1.55. The van der Waals surface area contributed by atoms with Crippen LogP contribution < -0.4 is 9.47 Å². The van der Waals surface area contributed by atoms with Crippen molar-refractivity contribution in [1.82, 2.24) is 4.98 Å². The summed E-state index contributed by atoms with van der Waals surface area (Å²) in [5.41, 5.74) is 2.75. The molecule has 0 spiro atoms. The Hall–Kier alpha value is -1.55. The second-order valence-electron chi connectivity index (χ2n) is 2.60. The van der Waals surface area contributed by atoms with Crippen molar-refractivity contribution in [2.24, 2.45) is 0 Å². The van der Waals surface area contributed by atoms with Crippen LogP contribution in [0.4, 0.5) is 0 Å². The van der Waals surface area contributed by atoms with Crippen molar-refractivity contribution in [2.75, 3.05) is 0 Å². The van der Waals surface area contributed by atoms with Crippen molar-refractivity contribution < 1.29 is 9.47 Å². The molecule has 0 saturated carbocycles. The van der Waals surface area contributed by atoms with Gasteiger partial charge in [-0.15, -0.1) is 11.3 Å². The number of ether oxygens (including phenoxy) is 2. The van der Waals surface area contributed by atoms with E-state index in [9.17, 15) is 0 Å². The summed E-state index contributed by atoms with van der Waals surface area (Å²) in [5.74, 6) is 1.52. The van der Waals surface area contributed by atoms with Crippen LogP contribution in [-0.2, 0) is 0 Å². The molecule has 1 aromatic carbocycles. The summed E-state index contributed by atoms with van der Waals surface area (Å²) < 4.78 is 11.7. The standard InChI is InChI=1S/C9H5NO2S/c1-2-7-8(12-4-3-11-7)9-6(1)10-5-13-9/h1-5H. The van der Waals surface area contributed by atoms with Crippen LogP contribution >= 0.6 is 11.3 Å². The molecule has 2 heterocycles. The lowest BCUT2D eigenvalue weighted by Gasteiger charge is -2.11. The van der Waals surface area contributed by atoms with Gasteiger partial charge in [-0.1, -0.05) is 0 Å². The number of hydrogen-bond acceptors (Lipinski definition) is 4. The monoisotopic (exact) mass is 191 g/mol. The van der Waals surface area contributed by atoms with E-state index in [2.05, 4.69) is 4.98 Å². The van der Waals surface area contributed by atoms with Crippen LogP contribution in [0, 0.1) is 0 Å². The largest absolute Gasteiger partial charge is 0.458 e. The van der Waals surface area contributed by atoms with Crippen molar-refractivity contribution in [3.8, 4) is 11.5 Å². The SMILES string of the molecule is C1=COc2c(ccc3ncsc23)O1. The average molecular weight is 191 g/mol. The number of aromatic nitrogens is 1. The van der Waals surface area contributed by atoms with Gasteiger partial charge in [0.15, 0.2) is 11.5 Å². The fourth-order valence-electron chi connectivity index (χ4n) is 1.29. The molecule has 64 valence electrons. The lowest BCUT2D eigenvalue weighted by Crippen LogP contribution is -1.95. The number of benzene rings is 1. The summed E-state index contributed by atoms with van der Waals surface area (Å²) in [6, 6.07) is 3.79. The zero-order valence-corrected chi connectivity index (χ0v) is 7.38. The van der Waals surface area contributed by atoms with Gasteiger partial charge < -0.3 is 9.47 Å². The Morgan fingerprint density at radius 3 is 3.08 bits per heavy atom. The molecular formula is C9H5NO2S. The predicted octanol–water partition coefficient (Wildman–Crippen LogP) is 2.54. The predicted molar refractivity (Wildman–Crippen MR) is 50.0 cm³/mol. The number of thiazole rings is 1. The van der Waals surface area contributed by atoms with Gasteiger partial charge in [0.2, 0.25) is 0 Å². The molecular weight excluding hydrogens is 186 g/mol. The third kappa shape index (κ3) is 0.922. The zero-order chi connectivity index (χ0) is 8.67. The molecule has 1 aliphatic heterocycles. The molecule has 0 bridgehead atoms. The van der Waals surface area contributed by atoms with E-state index in [-0.39, 0.29) is 0 Å². The fourth-order valence-corrected chi connectivity index (χ4v) is 2.06. The van der Waals surface area contributed by atoms with Gasteiger partial charge in [-0.2, -0.15) is 0 Å². The summed E-state index contributed by atoms with van der Waals surface area (Å²) in [6.07, 6.45) is 3.05. The van der Waals surface area contributed by atoms with Crippen LogP contribution in [0.1, 0.15) is 0 Å². The first-order chi connectivity index (χ1) is 6.45. The molecule has 0 amide bonds. The van der Waals surface area contributed by atoms with E-state index in [1.807, 2.05) is 12.1 Å². The summed E-state index contributed by atoms with van der Waals surface area (Å²) in [7, 11) is 0. The molecule has 3 rings (SSSR count). The van der Waals surface area contributed by atoms with Crippen LogP contribution in [0.3, 0.4) is 0 Å². The number of fused-ring (bicyclic) bond motifs is 3. The second-order valence-corrected chi connectivity index (χ2v) is 3.46. The van der Waals surface area contributed by atoms with Crippen molar-refractivity contribution in [1.29, 1.82) is 0 Å². The minimum atomic E-state index is 0.749. The highest BCUT2D eigenvalue weighted by molar-refractivity contribution is 7.17. The highest BCUT2D eigenvalue weighted by atomic mass is 32.1. The highest BCUT2D eigenvalue weighted by Crippen LogP contribution is 2.39. The minimum absolute atomic E-state index is 0.749. The lowest BCUT2D eigenvalue weighted by molar-refractivity contribution is 0.366. The molecule has 0 unspecified atom stereocenters. The van der Waals surface area contributed by atoms with Gasteiger partial charge in [0.25, 0.3) is 0 Å². The molecule has 1 aliphatic rings. The average Bonchev–Trinajstić information content (AvgIpc) is 2.65. The Balaban J connectivity index is 2.38. The van der Waals surface area contributed by atoms with Crippen LogP contribution in [0.5, 0.6) is 11.5 Å². The maximum atomic E-state index is 5.36. The Kier molecular flexibility index (Phi) is 1.31. The topological polar surface area (TPSA) is 31.4 Å². The normalized spacial score (nSPS) is 13.5. The third-order valence-corrected chi connectivity index (χ3v) is 2.70. The van der Waals surface area contributed by atoms with Crippen LogP contribution in [0.25, 0.3) is 10.2 Å². The van der Waals surface area contributed by atoms with E-state index in [0.717, 1.165) is 21.7 Å². The van der Waals surface area contributed by atoms with Gasteiger partial charge in [-0.3, -0.25) is 0 Å². The van der Waals surface area contributed by atoms with E-state index in [1.165, 1.54) is 12.5 Å². The summed E-state index contributed by atoms with van der Waals surface area (Å²) in [5, 5.41) is 0. The Labute approximate surface area is 78.2 Å². The van der Waals surface area contributed by atoms with Gasteiger partial charge in [-0.25, -0.2) is 4.98 Å². The molecule has 4 heteroatoms. The first-order valence-electron chi connectivity index (χ1n) is 3.80. The Morgan fingerprint density at radius 1 is 1.15 bits per heavy atom. The van der Waals surface area contributed by atoms with Crippen molar-refractivity contribution in [2.45, 2.75) is 0 Å². The fraction of sp³-hybridized carbons (Fsp3) is 0. The lowest BCUT2D eigenvalue weighted by atomic mass is 10.3. The molecule has 13 heavy (non-hydrogen) atoms. The van der Waals surface area contributed by atoms with Crippen LogP contribution in [-0.4, -0.2) is 4.98 Å². The summed E-state index contributed by atoms with van der Waals surface area (Å²) in [6.45, 7) is 0. The molecule has 2 aromatic rings. The molecule has 0 atom stereocenters. The van der Waals surface area contributed by atoms with Gasteiger partial charge in [0.1, 0.15) is 17.2 Å². The van der Waals surface area contributed by atoms with Gasteiger partial charge in [-0.05, 0) is 12.1 Å². The third-order valence-electron chi connectivity index (χ3n) is 1.85. The Morgan fingerprint density at radius 2 is 2.08 bits per heavy atom. The molecule has 0 radical (unpaired) electrons. The zero-order valence-electron chi connectivity index (χ0n) is 6.56. The van der Waals surface area contributed by atoms with E-state index in [4.69, 9.17) is 9.47 Å². The maximum Gasteiger partial charge on any atom is 0.188 e. The molecule has 3 nitrogen and oxygen atoms in total. The van der Waals surface area contributed by atoms with Crippen molar-refractivity contribution in [3.05, 3.63) is 30.2 Å². The smallest absolute Gasteiger partial charge is 0.188 e. The van der Waals surface area contributed by atoms with Crippen LogP contribution in [0.2, 0.25) is 0 Å². The maximum absolute atomic E-state index is 5.36. The van der Waals surface area contributed by atoms with Gasteiger partial charge in [0, 0.05) is 0 Å². The summed E-state index contributed by atoms with van der Waals surface area (Å²) in [4.78, 5) is 4.19.